The second kappa shape index (κ2) is 10.7. The number of nitrogens with zero attached hydrogens (tertiary/aromatic N) is 2. The molecule has 1 N–H and O–H groups in total. The van der Waals surface area contributed by atoms with Crippen molar-refractivity contribution in [3.8, 4) is 0 Å². The molecule has 0 atom stereocenters. The summed E-state index contributed by atoms with van der Waals surface area (Å²) in [4.78, 5) is 27.9. The highest BCUT2D eigenvalue weighted by atomic mass is 35.5. The number of piperidine rings is 1. The standard InChI is InChI=1S/C21H24ClN3O5S/c22-21-18(5-4-12-23-21)24-19(26)15-30-20(27)11-8-16-6-9-17(10-7-16)31(28,29)25-13-2-1-3-14-25/h4-7,9-10,12H,1-3,8,11,13-15H2,(H,24,26). The fourth-order valence-electron chi connectivity index (χ4n) is 3.21. The molecule has 0 radical (unpaired) electrons. The molecule has 3 rings (SSSR count). The van der Waals surface area contributed by atoms with Gasteiger partial charge >= 0.3 is 5.97 Å². The van der Waals surface area contributed by atoms with E-state index in [0.717, 1.165) is 24.8 Å². The molecule has 2 heterocycles. The van der Waals surface area contributed by atoms with Gasteiger partial charge in [0, 0.05) is 25.7 Å². The first-order valence-electron chi connectivity index (χ1n) is 10.0. The number of carbonyl (C=O) groups is 2. The lowest BCUT2D eigenvalue weighted by molar-refractivity contribution is -0.147. The van der Waals surface area contributed by atoms with Crippen molar-refractivity contribution in [1.29, 1.82) is 0 Å². The molecule has 1 fully saturated rings. The number of ether oxygens (including phenoxy) is 1. The van der Waals surface area contributed by atoms with Gasteiger partial charge in [-0.25, -0.2) is 13.4 Å². The van der Waals surface area contributed by atoms with Crippen LogP contribution in [0.1, 0.15) is 31.2 Å². The van der Waals surface area contributed by atoms with E-state index in [1.807, 2.05) is 0 Å². The van der Waals surface area contributed by atoms with Crippen molar-refractivity contribution < 1.29 is 22.7 Å². The van der Waals surface area contributed by atoms with Crippen molar-refractivity contribution in [3.63, 3.8) is 0 Å². The minimum absolute atomic E-state index is 0.0686. The van der Waals surface area contributed by atoms with Crippen LogP contribution in [-0.4, -0.2) is 49.3 Å². The summed E-state index contributed by atoms with van der Waals surface area (Å²) >= 11 is 5.86. The molecule has 1 aliphatic heterocycles. The number of nitrogens with one attached hydrogen (secondary N) is 1. The minimum Gasteiger partial charge on any atom is -0.456 e. The number of pyridine rings is 1. The zero-order valence-corrected chi connectivity index (χ0v) is 18.5. The third kappa shape index (κ3) is 6.49. The number of amides is 1. The summed E-state index contributed by atoms with van der Waals surface area (Å²) in [6.07, 6.45) is 4.76. The molecule has 0 saturated carbocycles. The molecule has 0 unspecified atom stereocenters. The van der Waals surface area contributed by atoms with E-state index in [9.17, 15) is 18.0 Å². The van der Waals surface area contributed by atoms with Crippen molar-refractivity contribution >= 4 is 39.2 Å². The van der Waals surface area contributed by atoms with Gasteiger partial charge in [0.25, 0.3) is 5.91 Å². The molecule has 31 heavy (non-hydrogen) atoms. The van der Waals surface area contributed by atoms with Gasteiger partial charge in [-0.05, 0) is 49.1 Å². The Hall–Kier alpha value is -2.49. The smallest absolute Gasteiger partial charge is 0.306 e. The van der Waals surface area contributed by atoms with Crippen molar-refractivity contribution in [2.24, 2.45) is 0 Å². The second-order valence-corrected chi connectivity index (χ2v) is 9.46. The van der Waals surface area contributed by atoms with E-state index >= 15 is 0 Å². The number of carbonyl (C=O) groups excluding carboxylic acids is 2. The molecule has 10 heteroatoms. The first-order valence-corrected chi connectivity index (χ1v) is 11.8. The average Bonchev–Trinajstić information content (AvgIpc) is 2.79. The average molecular weight is 466 g/mol. The van der Waals surface area contributed by atoms with Gasteiger partial charge in [-0.2, -0.15) is 4.31 Å². The number of benzene rings is 1. The van der Waals surface area contributed by atoms with Crippen LogP contribution in [0.2, 0.25) is 5.15 Å². The Balaban J connectivity index is 1.45. The normalized spacial score (nSPS) is 14.7. The Morgan fingerprint density at radius 1 is 1.10 bits per heavy atom. The SMILES string of the molecule is O=C(COC(=O)CCc1ccc(S(=O)(=O)N2CCCCC2)cc1)Nc1cccnc1Cl. The maximum absolute atomic E-state index is 12.7. The lowest BCUT2D eigenvalue weighted by Crippen LogP contribution is -2.35. The van der Waals surface area contributed by atoms with E-state index in [1.165, 1.54) is 10.5 Å². The van der Waals surface area contributed by atoms with Gasteiger partial charge in [0.15, 0.2) is 11.8 Å². The minimum atomic E-state index is -3.47. The van der Waals surface area contributed by atoms with Crippen LogP contribution in [0.25, 0.3) is 0 Å². The maximum atomic E-state index is 12.7. The van der Waals surface area contributed by atoms with Crippen molar-refractivity contribution in [1.82, 2.24) is 9.29 Å². The fraction of sp³-hybridized carbons (Fsp3) is 0.381. The van der Waals surface area contributed by atoms with Crippen LogP contribution in [0.4, 0.5) is 5.69 Å². The molecule has 2 aromatic rings. The number of rotatable bonds is 8. The zero-order chi connectivity index (χ0) is 22.3. The number of halogens is 1. The maximum Gasteiger partial charge on any atom is 0.306 e. The topological polar surface area (TPSA) is 106 Å². The lowest BCUT2D eigenvalue weighted by Gasteiger charge is -2.25. The Labute approximate surface area is 186 Å². The van der Waals surface area contributed by atoms with E-state index in [2.05, 4.69) is 10.3 Å². The van der Waals surface area contributed by atoms with Crippen LogP contribution in [0.5, 0.6) is 0 Å². The van der Waals surface area contributed by atoms with Gasteiger partial charge in [0.05, 0.1) is 10.6 Å². The van der Waals surface area contributed by atoms with Crippen molar-refractivity contribution in [3.05, 3.63) is 53.3 Å². The monoisotopic (exact) mass is 465 g/mol. The largest absolute Gasteiger partial charge is 0.456 e. The molecular weight excluding hydrogens is 442 g/mol. The first kappa shape index (κ1) is 23.2. The molecule has 1 aromatic heterocycles. The molecular formula is C21H24ClN3O5S. The van der Waals surface area contributed by atoms with Gasteiger partial charge in [-0.15, -0.1) is 0 Å². The van der Waals surface area contributed by atoms with Crippen molar-refractivity contribution in [2.45, 2.75) is 37.0 Å². The lowest BCUT2D eigenvalue weighted by atomic mass is 10.1. The van der Waals surface area contributed by atoms with E-state index in [0.29, 0.717) is 25.2 Å². The fourth-order valence-corrected chi connectivity index (χ4v) is 4.90. The molecule has 1 saturated heterocycles. The van der Waals surface area contributed by atoms with Gasteiger partial charge in [-0.3, -0.25) is 9.59 Å². The Bertz CT molecular complexity index is 1020. The van der Waals surface area contributed by atoms with Gasteiger partial charge in [0.2, 0.25) is 10.0 Å². The van der Waals surface area contributed by atoms with Crippen LogP contribution in [-0.2, 0) is 30.8 Å². The van der Waals surface area contributed by atoms with Crippen molar-refractivity contribution in [2.75, 3.05) is 25.0 Å². The highest BCUT2D eigenvalue weighted by molar-refractivity contribution is 7.89. The Morgan fingerprint density at radius 2 is 1.81 bits per heavy atom. The molecule has 166 valence electrons. The number of sulfonamides is 1. The van der Waals surface area contributed by atoms with E-state index in [-0.39, 0.29) is 16.5 Å². The van der Waals surface area contributed by atoms with E-state index in [4.69, 9.17) is 16.3 Å². The van der Waals surface area contributed by atoms with Crippen LogP contribution in [0.3, 0.4) is 0 Å². The first-order chi connectivity index (χ1) is 14.9. The molecule has 1 aromatic carbocycles. The summed E-state index contributed by atoms with van der Waals surface area (Å²) in [5, 5.41) is 2.66. The van der Waals surface area contributed by atoms with Gasteiger partial charge in [0.1, 0.15) is 0 Å². The predicted octanol–water partition coefficient (Wildman–Crippen LogP) is 3.02. The third-order valence-corrected chi connectivity index (χ3v) is 7.11. The zero-order valence-electron chi connectivity index (χ0n) is 16.9. The number of aromatic nitrogens is 1. The summed E-state index contributed by atoms with van der Waals surface area (Å²) in [5.41, 5.74) is 1.14. The summed E-state index contributed by atoms with van der Waals surface area (Å²) in [6.45, 7) is 0.671. The van der Waals surface area contributed by atoms with E-state index < -0.39 is 28.5 Å². The summed E-state index contributed by atoms with van der Waals surface area (Å²) in [6, 6.07) is 9.73. The second-order valence-electron chi connectivity index (χ2n) is 7.16. The van der Waals surface area contributed by atoms with Crippen LogP contribution < -0.4 is 5.32 Å². The highest BCUT2D eigenvalue weighted by Crippen LogP contribution is 2.21. The van der Waals surface area contributed by atoms with Gasteiger partial charge in [-0.1, -0.05) is 30.2 Å². The molecule has 0 bridgehead atoms. The third-order valence-electron chi connectivity index (χ3n) is 4.89. The molecule has 1 aliphatic rings. The molecule has 0 aliphatic carbocycles. The van der Waals surface area contributed by atoms with Crippen LogP contribution in [0, 0.1) is 0 Å². The van der Waals surface area contributed by atoms with Gasteiger partial charge < -0.3 is 10.1 Å². The number of anilines is 1. The highest BCUT2D eigenvalue weighted by Gasteiger charge is 2.25. The Morgan fingerprint density at radius 3 is 2.48 bits per heavy atom. The Kier molecular flexibility index (Phi) is 8.00. The van der Waals surface area contributed by atoms with E-state index in [1.54, 1.807) is 36.4 Å². The van der Waals surface area contributed by atoms with Crippen LogP contribution >= 0.6 is 11.6 Å². The number of hydrogen-bond acceptors (Lipinski definition) is 6. The summed E-state index contributed by atoms with van der Waals surface area (Å²) < 4.78 is 31.8. The summed E-state index contributed by atoms with van der Waals surface area (Å²) in [7, 11) is -3.47. The quantitative estimate of drug-likeness (QED) is 0.474. The molecule has 1 amide bonds. The number of esters is 1. The summed E-state index contributed by atoms with van der Waals surface area (Å²) in [5.74, 6) is -1.05. The van der Waals surface area contributed by atoms with Crippen LogP contribution in [0.15, 0.2) is 47.5 Å². The molecule has 8 nitrogen and oxygen atoms in total. The number of aryl methyl sites for hydroxylation is 1. The number of hydrogen-bond donors (Lipinski definition) is 1. The molecule has 0 spiro atoms. The predicted molar refractivity (Wildman–Crippen MR) is 116 cm³/mol.